The molecule has 1 aliphatic heterocycles. The summed E-state index contributed by atoms with van der Waals surface area (Å²) in [7, 11) is 0. The summed E-state index contributed by atoms with van der Waals surface area (Å²) in [6.07, 6.45) is 2.68. The number of fused-ring (bicyclic) bond motifs is 1. The van der Waals surface area contributed by atoms with Gasteiger partial charge in [0.05, 0.1) is 5.69 Å². The second-order valence-electron chi connectivity index (χ2n) is 6.24. The Morgan fingerprint density at radius 3 is 2.85 bits per heavy atom. The van der Waals surface area contributed by atoms with Crippen LogP contribution in [0.3, 0.4) is 0 Å². The standard InChI is InChI=1S/C18H24N6O2/c1-2-3-10-19-18(26)23-24-11-9-15-14(12-24)16(22-21-15)20-17(25)13-7-5-4-6-8-13/h4-8H,2-3,9-12H2,1H3,(H2,19,23,26)(H2,20,21,22,25). The predicted molar refractivity (Wildman–Crippen MR) is 98.5 cm³/mol. The smallest absolute Gasteiger partial charge is 0.329 e. The molecule has 138 valence electrons. The van der Waals surface area contributed by atoms with Crippen LogP contribution in [0, 0.1) is 0 Å². The molecule has 4 N–H and O–H groups in total. The summed E-state index contributed by atoms with van der Waals surface area (Å²) in [6, 6.07) is 8.81. The SMILES string of the molecule is CCCCNC(=O)NN1CCc2n[nH]c(NC(=O)c3ccccc3)c2C1. The molecule has 2 aromatic rings. The van der Waals surface area contributed by atoms with Crippen LogP contribution in [0.1, 0.15) is 41.4 Å². The van der Waals surface area contributed by atoms with Gasteiger partial charge in [-0.3, -0.25) is 15.3 Å². The molecule has 3 amide bonds. The molecule has 8 heteroatoms. The molecule has 0 radical (unpaired) electrons. The number of aromatic amines is 1. The van der Waals surface area contributed by atoms with Gasteiger partial charge in [-0.15, -0.1) is 0 Å². The minimum atomic E-state index is -0.208. The summed E-state index contributed by atoms with van der Waals surface area (Å²) in [5, 5.41) is 14.7. The minimum absolute atomic E-state index is 0.195. The number of carbonyl (C=O) groups excluding carboxylic acids is 2. The van der Waals surface area contributed by atoms with Crippen LogP contribution in [-0.2, 0) is 13.0 Å². The second-order valence-corrected chi connectivity index (χ2v) is 6.24. The lowest BCUT2D eigenvalue weighted by Crippen LogP contribution is -2.49. The maximum Gasteiger partial charge on any atom is 0.329 e. The summed E-state index contributed by atoms with van der Waals surface area (Å²) in [5.41, 5.74) is 5.24. The summed E-state index contributed by atoms with van der Waals surface area (Å²) < 4.78 is 0. The number of unbranched alkanes of at least 4 members (excludes halogenated alkanes) is 1. The lowest BCUT2D eigenvalue weighted by atomic mass is 10.1. The number of nitrogens with one attached hydrogen (secondary N) is 4. The zero-order valence-electron chi connectivity index (χ0n) is 14.8. The number of hydrazine groups is 1. The molecule has 0 saturated heterocycles. The monoisotopic (exact) mass is 356 g/mol. The van der Waals surface area contributed by atoms with Crippen LogP contribution in [0.25, 0.3) is 0 Å². The zero-order valence-corrected chi connectivity index (χ0v) is 14.8. The van der Waals surface area contributed by atoms with Crippen molar-refractivity contribution in [3.05, 3.63) is 47.2 Å². The number of hydrogen-bond acceptors (Lipinski definition) is 4. The van der Waals surface area contributed by atoms with E-state index in [2.05, 4.69) is 33.2 Å². The molecule has 1 aliphatic rings. The van der Waals surface area contributed by atoms with E-state index in [9.17, 15) is 9.59 Å². The van der Waals surface area contributed by atoms with E-state index < -0.39 is 0 Å². The third-order valence-electron chi connectivity index (χ3n) is 4.27. The van der Waals surface area contributed by atoms with E-state index in [1.807, 2.05) is 23.2 Å². The van der Waals surface area contributed by atoms with Gasteiger partial charge in [0.15, 0.2) is 0 Å². The van der Waals surface area contributed by atoms with Crippen LogP contribution in [0.5, 0.6) is 0 Å². The number of aromatic nitrogens is 2. The fourth-order valence-electron chi connectivity index (χ4n) is 2.83. The highest BCUT2D eigenvalue weighted by Crippen LogP contribution is 2.23. The number of anilines is 1. The van der Waals surface area contributed by atoms with Gasteiger partial charge >= 0.3 is 6.03 Å². The van der Waals surface area contributed by atoms with Crippen molar-refractivity contribution in [1.82, 2.24) is 25.9 Å². The number of rotatable bonds is 6. The molecule has 0 bridgehead atoms. The lowest BCUT2D eigenvalue weighted by molar-refractivity contribution is 0.102. The predicted octanol–water partition coefficient (Wildman–Crippen LogP) is 2.03. The molecule has 1 aromatic heterocycles. The fourth-order valence-corrected chi connectivity index (χ4v) is 2.83. The lowest BCUT2D eigenvalue weighted by Gasteiger charge is -2.27. The molecule has 8 nitrogen and oxygen atoms in total. The largest absolute Gasteiger partial charge is 0.337 e. The Morgan fingerprint density at radius 2 is 2.08 bits per heavy atom. The average Bonchev–Trinajstić information content (AvgIpc) is 3.05. The molecule has 0 fully saturated rings. The average molecular weight is 356 g/mol. The van der Waals surface area contributed by atoms with Crippen molar-refractivity contribution in [3.8, 4) is 0 Å². The zero-order chi connectivity index (χ0) is 18.4. The van der Waals surface area contributed by atoms with E-state index in [1.54, 1.807) is 12.1 Å². The van der Waals surface area contributed by atoms with Gasteiger partial charge in [-0.25, -0.2) is 9.80 Å². The van der Waals surface area contributed by atoms with Gasteiger partial charge in [-0.05, 0) is 18.6 Å². The van der Waals surface area contributed by atoms with Crippen LogP contribution < -0.4 is 16.1 Å². The van der Waals surface area contributed by atoms with Crippen molar-refractivity contribution >= 4 is 17.8 Å². The Hall–Kier alpha value is -2.87. The summed E-state index contributed by atoms with van der Waals surface area (Å²) in [6.45, 7) is 3.89. The third kappa shape index (κ3) is 4.40. The molecule has 1 aromatic carbocycles. The van der Waals surface area contributed by atoms with E-state index >= 15 is 0 Å². The van der Waals surface area contributed by atoms with E-state index in [-0.39, 0.29) is 11.9 Å². The molecular weight excluding hydrogens is 332 g/mol. The van der Waals surface area contributed by atoms with Gasteiger partial charge in [0.1, 0.15) is 5.82 Å². The fraction of sp³-hybridized carbons (Fsp3) is 0.389. The number of amides is 3. The van der Waals surface area contributed by atoms with E-state index in [0.717, 1.165) is 24.1 Å². The van der Waals surface area contributed by atoms with Gasteiger partial charge in [0.25, 0.3) is 5.91 Å². The van der Waals surface area contributed by atoms with E-state index in [4.69, 9.17) is 0 Å². The van der Waals surface area contributed by atoms with Crippen molar-refractivity contribution in [2.45, 2.75) is 32.7 Å². The van der Waals surface area contributed by atoms with Crippen molar-refractivity contribution in [2.75, 3.05) is 18.4 Å². The molecule has 2 heterocycles. The van der Waals surface area contributed by atoms with Gasteiger partial charge in [-0.2, -0.15) is 5.10 Å². The Labute approximate surface area is 152 Å². The molecule has 0 unspecified atom stereocenters. The summed E-state index contributed by atoms with van der Waals surface area (Å²) in [4.78, 5) is 24.3. The Morgan fingerprint density at radius 1 is 1.27 bits per heavy atom. The van der Waals surface area contributed by atoms with Gasteiger partial charge < -0.3 is 10.6 Å². The molecule has 0 spiro atoms. The highest BCUT2D eigenvalue weighted by molar-refractivity contribution is 6.04. The first kappa shape index (κ1) is 17.9. The number of hydrogen-bond donors (Lipinski definition) is 4. The van der Waals surface area contributed by atoms with E-state index in [0.29, 0.717) is 37.4 Å². The Bertz CT molecular complexity index is 758. The van der Waals surface area contributed by atoms with Crippen LogP contribution in [-0.4, -0.2) is 40.2 Å². The molecule has 0 saturated carbocycles. The maximum atomic E-state index is 12.4. The highest BCUT2D eigenvalue weighted by atomic mass is 16.2. The topological polar surface area (TPSA) is 102 Å². The van der Waals surface area contributed by atoms with Crippen molar-refractivity contribution < 1.29 is 9.59 Å². The Kier molecular flexibility index (Phi) is 5.85. The van der Waals surface area contributed by atoms with Gasteiger partial charge in [-0.1, -0.05) is 31.5 Å². The summed E-state index contributed by atoms with van der Waals surface area (Å²) >= 11 is 0. The van der Waals surface area contributed by atoms with Gasteiger partial charge in [0.2, 0.25) is 0 Å². The Balaban J connectivity index is 1.61. The third-order valence-corrected chi connectivity index (χ3v) is 4.27. The molecule has 3 rings (SSSR count). The van der Waals surface area contributed by atoms with Crippen molar-refractivity contribution in [1.29, 1.82) is 0 Å². The van der Waals surface area contributed by atoms with E-state index in [1.165, 1.54) is 0 Å². The number of benzene rings is 1. The number of carbonyl (C=O) groups is 2. The first-order valence-corrected chi connectivity index (χ1v) is 8.89. The summed E-state index contributed by atoms with van der Waals surface area (Å²) in [5.74, 6) is 0.381. The van der Waals surface area contributed by atoms with Crippen LogP contribution in [0.15, 0.2) is 30.3 Å². The first-order chi connectivity index (χ1) is 12.7. The van der Waals surface area contributed by atoms with Crippen molar-refractivity contribution in [3.63, 3.8) is 0 Å². The number of H-pyrrole nitrogens is 1. The maximum absolute atomic E-state index is 12.4. The second kappa shape index (κ2) is 8.48. The van der Waals surface area contributed by atoms with Crippen LogP contribution in [0.4, 0.5) is 10.6 Å². The normalized spacial score (nSPS) is 13.7. The van der Waals surface area contributed by atoms with Crippen LogP contribution in [0.2, 0.25) is 0 Å². The number of urea groups is 1. The molecule has 0 atom stereocenters. The highest BCUT2D eigenvalue weighted by Gasteiger charge is 2.24. The molecular formula is C18H24N6O2. The molecule has 26 heavy (non-hydrogen) atoms. The van der Waals surface area contributed by atoms with Gasteiger partial charge in [0, 0.05) is 37.2 Å². The number of nitrogens with zero attached hydrogens (tertiary/aromatic N) is 2. The minimum Gasteiger partial charge on any atom is -0.337 e. The molecule has 0 aliphatic carbocycles. The quantitative estimate of drug-likeness (QED) is 0.595. The van der Waals surface area contributed by atoms with Crippen molar-refractivity contribution in [2.24, 2.45) is 0 Å². The first-order valence-electron chi connectivity index (χ1n) is 8.89. The van der Waals surface area contributed by atoms with Crippen LogP contribution >= 0.6 is 0 Å².